The fourth-order valence-electron chi connectivity index (χ4n) is 2.27. The maximum atomic E-state index is 12.3. The van der Waals surface area contributed by atoms with E-state index in [0.717, 1.165) is 5.69 Å². The minimum Gasteiger partial charge on any atom is -0.328 e. The Morgan fingerprint density at radius 3 is 2.52 bits per heavy atom. The first-order valence-corrected chi connectivity index (χ1v) is 7.61. The van der Waals surface area contributed by atoms with Gasteiger partial charge in [-0.05, 0) is 42.5 Å². The van der Waals surface area contributed by atoms with Crippen LogP contribution in [0.1, 0.15) is 16.1 Å². The van der Waals surface area contributed by atoms with E-state index in [0.29, 0.717) is 17.1 Å². The molecule has 0 spiro atoms. The predicted octanol–water partition coefficient (Wildman–Crippen LogP) is 3.37. The Balaban J connectivity index is 1.73. The van der Waals surface area contributed by atoms with Crippen molar-refractivity contribution >= 4 is 23.1 Å². The van der Waals surface area contributed by atoms with Crippen molar-refractivity contribution in [2.45, 2.75) is 0 Å². The highest BCUT2D eigenvalue weighted by Gasteiger charge is 2.11. The Kier molecular flexibility index (Phi) is 4.67. The van der Waals surface area contributed by atoms with Crippen molar-refractivity contribution in [2.24, 2.45) is 0 Å². The van der Waals surface area contributed by atoms with E-state index in [4.69, 9.17) is 5.26 Å². The number of rotatable bonds is 4. The number of carbonyl (C=O) groups is 1. The molecule has 0 aliphatic carbocycles. The molecule has 0 radical (unpaired) electrons. The third kappa shape index (κ3) is 3.79. The van der Waals surface area contributed by atoms with Crippen molar-refractivity contribution in [1.29, 1.82) is 5.26 Å². The van der Waals surface area contributed by atoms with Gasteiger partial charge >= 0.3 is 0 Å². The number of amides is 1. The molecule has 0 aliphatic heterocycles. The normalized spacial score (nSPS) is 9.92. The van der Waals surface area contributed by atoms with Gasteiger partial charge in [0.05, 0.1) is 11.6 Å². The summed E-state index contributed by atoms with van der Waals surface area (Å²) < 4.78 is 0. The van der Waals surface area contributed by atoms with E-state index in [-0.39, 0.29) is 11.6 Å². The molecule has 3 rings (SSSR count). The number of carbonyl (C=O) groups excluding carboxylic acids is 1. The molecular formula is C19H15N5O. The highest BCUT2D eigenvalue weighted by atomic mass is 16.1. The number of anilines is 3. The molecule has 0 aliphatic rings. The summed E-state index contributed by atoms with van der Waals surface area (Å²) in [7, 11) is 1.88. The molecule has 2 aromatic carbocycles. The number of nitriles is 1. The van der Waals surface area contributed by atoms with Gasteiger partial charge in [0.15, 0.2) is 11.5 Å². The Hall–Kier alpha value is -3.72. The summed E-state index contributed by atoms with van der Waals surface area (Å²) in [6.45, 7) is 0. The topological polar surface area (TPSA) is 81.9 Å². The molecule has 6 heteroatoms. The van der Waals surface area contributed by atoms with Crippen molar-refractivity contribution in [3.63, 3.8) is 0 Å². The van der Waals surface area contributed by atoms with Gasteiger partial charge in [0, 0.05) is 18.4 Å². The van der Waals surface area contributed by atoms with Crippen molar-refractivity contribution in [3.05, 3.63) is 78.0 Å². The summed E-state index contributed by atoms with van der Waals surface area (Å²) in [6.07, 6.45) is 0. The van der Waals surface area contributed by atoms with Crippen LogP contribution in [0, 0.1) is 11.3 Å². The molecule has 0 atom stereocenters. The minimum atomic E-state index is -0.378. The summed E-state index contributed by atoms with van der Waals surface area (Å²) >= 11 is 0. The zero-order valence-electron chi connectivity index (χ0n) is 13.5. The van der Waals surface area contributed by atoms with Crippen LogP contribution in [-0.4, -0.2) is 23.2 Å². The third-order valence-corrected chi connectivity index (χ3v) is 3.62. The van der Waals surface area contributed by atoms with E-state index in [1.54, 1.807) is 36.4 Å². The molecule has 0 saturated carbocycles. The summed E-state index contributed by atoms with van der Waals surface area (Å²) in [6, 6.07) is 21.8. The van der Waals surface area contributed by atoms with E-state index in [1.807, 2.05) is 48.3 Å². The first-order valence-electron chi connectivity index (χ1n) is 7.61. The van der Waals surface area contributed by atoms with Gasteiger partial charge in [0.2, 0.25) is 0 Å². The van der Waals surface area contributed by atoms with Crippen molar-refractivity contribution < 1.29 is 4.79 Å². The van der Waals surface area contributed by atoms with Gasteiger partial charge < -0.3 is 10.2 Å². The lowest BCUT2D eigenvalue weighted by molar-refractivity contribution is 0.102. The van der Waals surface area contributed by atoms with Gasteiger partial charge in [0.25, 0.3) is 5.91 Å². The second-order valence-electron chi connectivity index (χ2n) is 5.32. The molecule has 0 bridgehead atoms. The summed E-state index contributed by atoms with van der Waals surface area (Å²) in [5.74, 6) is 0.255. The first kappa shape index (κ1) is 16.1. The zero-order valence-corrected chi connectivity index (χ0v) is 13.5. The predicted molar refractivity (Wildman–Crippen MR) is 95.6 cm³/mol. The molecule has 0 fully saturated rings. The van der Waals surface area contributed by atoms with E-state index in [9.17, 15) is 4.79 Å². The monoisotopic (exact) mass is 329 g/mol. The highest BCUT2D eigenvalue weighted by Crippen LogP contribution is 2.20. The minimum absolute atomic E-state index is 0.201. The SMILES string of the molecule is CN(c1ccccc1)c1ccc(C(=O)Nc2cccc(C#N)c2)nn1. The van der Waals surface area contributed by atoms with Crippen LogP contribution in [0.15, 0.2) is 66.7 Å². The van der Waals surface area contributed by atoms with Crippen LogP contribution in [0.2, 0.25) is 0 Å². The van der Waals surface area contributed by atoms with Crippen molar-refractivity contribution in [2.75, 3.05) is 17.3 Å². The summed E-state index contributed by atoms with van der Waals surface area (Å²) in [4.78, 5) is 14.1. The molecule has 1 N–H and O–H groups in total. The van der Waals surface area contributed by atoms with E-state index < -0.39 is 0 Å². The lowest BCUT2D eigenvalue weighted by atomic mass is 10.2. The molecule has 1 aromatic heterocycles. The fraction of sp³-hybridized carbons (Fsp3) is 0.0526. The number of nitrogens with one attached hydrogen (secondary N) is 1. The largest absolute Gasteiger partial charge is 0.328 e. The van der Waals surface area contributed by atoms with Crippen LogP contribution in [-0.2, 0) is 0 Å². The van der Waals surface area contributed by atoms with Crippen LogP contribution in [0.3, 0.4) is 0 Å². The van der Waals surface area contributed by atoms with Crippen LogP contribution in [0.5, 0.6) is 0 Å². The van der Waals surface area contributed by atoms with E-state index in [2.05, 4.69) is 15.5 Å². The average Bonchev–Trinajstić information content (AvgIpc) is 2.68. The number of nitrogens with zero attached hydrogens (tertiary/aromatic N) is 4. The standard InChI is InChI=1S/C19H15N5O/c1-24(16-8-3-2-4-9-16)18-11-10-17(22-23-18)19(25)21-15-7-5-6-14(12-15)13-20/h2-12H,1H3,(H,21,25). The Bertz CT molecular complexity index is 917. The van der Waals surface area contributed by atoms with E-state index >= 15 is 0 Å². The molecule has 122 valence electrons. The molecule has 0 unspecified atom stereocenters. The molecule has 6 nitrogen and oxygen atoms in total. The number of hydrogen-bond donors (Lipinski definition) is 1. The summed E-state index contributed by atoms with van der Waals surface area (Å²) in [5, 5.41) is 19.7. The lowest BCUT2D eigenvalue weighted by Gasteiger charge is -2.17. The molecule has 3 aromatic rings. The van der Waals surface area contributed by atoms with Gasteiger partial charge in [-0.2, -0.15) is 5.26 Å². The quantitative estimate of drug-likeness (QED) is 0.793. The second-order valence-corrected chi connectivity index (χ2v) is 5.32. The number of benzene rings is 2. The van der Waals surface area contributed by atoms with Crippen LogP contribution in [0.25, 0.3) is 0 Å². The Labute approximate surface area is 145 Å². The van der Waals surface area contributed by atoms with Gasteiger partial charge in [-0.15, -0.1) is 10.2 Å². The smallest absolute Gasteiger partial charge is 0.276 e. The number of aromatic nitrogens is 2. The molecule has 25 heavy (non-hydrogen) atoms. The number of para-hydroxylation sites is 1. The van der Waals surface area contributed by atoms with Gasteiger partial charge in [-0.3, -0.25) is 4.79 Å². The van der Waals surface area contributed by atoms with Crippen molar-refractivity contribution in [3.8, 4) is 6.07 Å². The van der Waals surface area contributed by atoms with Crippen LogP contribution >= 0.6 is 0 Å². The van der Waals surface area contributed by atoms with Gasteiger partial charge in [-0.25, -0.2) is 0 Å². The Morgan fingerprint density at radius 2 is 1.84 bits per heavy atom. The fourth-order valence-corrected chi connectivity index (χ4v) is 2.27. The van der Waals surface area contributed by atoms with Crippen LogP contribution < -0.4 is 10.2 Å². The van der Waals surface area contributed by atoms with Crippen LogP contribution in [0.4, 0.5) is 17.2 Å². The average molecular weight is 329 g/mol. The molecule has 1 heterocycles. The molecular weight excluding hydrogens is 314 g/mol. The molecule has 0 saturated heterocycles. The second kappa shape index (κ2) is 7.23. The van der Waals surface area contributed by atoms with Gasteiger partial charge in [0.1, 0.15) is 0 Å². The van der Waals surface area contributed by atoms with E-state index in [1.165, 1.54) is 0 Å². The van der Waals surface area contributed by atoms with Crippen molar-refractivity contribution in [1.82, 2.24) is 10.2 Å². The maximum absolute atomic E-state index is 12.3. The summed E-state index contributed by atoms with van der Waals surface area (Å²) in [5.41, 5.74) is 2.19. The maximum Gasteiger partial charge on any atom is 0.276 e. The highest BCUT2D eigenvalue weighted by molar-refractivity contribution is 6.02. The van der Waals surface area contributed by atoms with Gasteiger partial charge in [-0.1, -0.05) is 24.3 Å². The Morgan fingerprint density at radius 1 is 1.04 bits per heavy atom. The third-order valence-electron chi connectivity index (χ3n) is 3.62. The first-order chi connectivity index (χ1) is 12.2. The zero-order chi connectivity index (χ0) is 17.6. The number of hydrogen-bond acceptors (Lipinski definition) is 5. The molecule has 1 amide bonds. The lowest BCUT2D eigenvalue weighted by Crippen LogP contribution is -2.16.